The van der Waals surface area contributed by atoms with Crippen molar-refractivity contribution in [2.24, 2.45) is 0 Å². The Labute approximate surface area is 146 Å². The van der Waals surface area contributed by atoms with Gasteiger partial charge in [-0.25, -0.2) is 0 Å². The molecule has 3 rings (SSSR count). The van der Waals surface area contributed by atoms with Crippen molar-refractivity contribution >= 4 is 29.1 Å². The highest BCUT2D eigenvalue weighted by atomic mass is 35.5. The highest BCUT2D eigenvalue weighted by Crippen LogP contribution is 2.23. The molecule has 6 heteroatoms. The first kappa shape index (κ1) is 16.2. The fraction of sp³-hybridized carbons (Fsp3) is 0.167. The monoisotopic (exact) mass is 339 g/mol. The van der Waals surface area contributed by atoms with E-state index in [1.54, 1.807) is 6.20 Å². The van der Waals surface area contributed by atoms with Gasteiger partial charge < -0.3 is 10.6 Å². The Kier molecular flexibility index (Phi) is 4.91. The van der Waals surface area contributed by atoms with Gasteiger partial charge in [0.15, 0.2) is 5.82 Å². The van der Waals surface area contributed by atoms with E-state index in [4.69, 9.17) is 11.6 Å². The Morgan fingerprint density at radius 2 is 1.88 bits per heavy atom. The lowest BCUT2D eigenvalue weighted by atomic mass is 10.1. The zero-order valence-electron chi connectivity index (χ0n) is 13.5. The summed E-state index contributed by atoms with van der Waals surface area (Å²) in [5, 5.41) is 15.3. The largest absolute Gasteiger partial charge is 0.346 e. The van der Waals surface area contributed by atoms with E-state index in [9.17, 15) is 0 Å². The van der Waals surface area contributed by atoms with E-state index < -0.39 is 0 Å². The van der Waals surface area contributed by atoms with Gasteiger partial charge in [-0.05, 0) is 43.2 Å². The van der Waals surface area contributed by atoms with Crippen molar-refractivity contribution in [3.8, 4) is 0 Å². The second kappa shape index (κ2) is 7.27. The van der Waals surface area contributed by atoms with Crippen molar-refractivity contribution in [3.63, 3.8) is 0 Å². The van der Waals surface area contributed by atoms with Crippen LogP contribution >= 0.6 is 11.6 Å². The smallest absolute Gasteiger partial charge is 0.245 e. The fourth-order valence-electron chi connectivity index (χ4n) is 2.35. The summed E-state index contributed by atoms with van der Waals surface area (Å²) in [7, 11) is 0. The van der Waals surface area contributed by atoms with Crippen LogP contribution in [0.4, 0.5) is 17.5 Å². The molecular weight excluding hydrogens is 322 g/mol. The highest BCUT2D eigenvalue weighted by Gasteiger charge is 2.08. The normalized spacial score (nSPS) is 11.8. The summed E-state index contributed by atoms with van der Waals surface area (Å²) in [6.07, 6.45) is 1.59. The van der Waals surface area contributed by atoms with E-state index in [-0.39, 0.29) is 6.04 Å². The molecule has 0 fully saturated rings. The first-order valence-corrected chi connectivity index (χ1v) is 8.04. The summed E-state index contributed by atoms with van der Waals surface area (Å²) in [4.78, 5) is 4.47. The molecule has 0 aliphatic heterocycles. The summed E-state index contributed by atoms with van der Waals surface area (Å²) in [6.45, 7) is 4.04. The van der Waals surface area contributed by atoms with E-state index in [0.717, 1.165) is 16.8 Å². The van der Waals surface area contributed by atoms with Gasteiger partial charge in [-0.2, -0.15) is 10.1 Å². The van der Waals surface area contributed by atoms with Crippen molar-refractivity contribution in [3.05, 3.63) is 70.9 Å². The topological polar surface area (TPSA) is 62.7 Å². The number of nitrogens with one attached hydrogen (secondary N) is 2. The van der Waals surface area contributed by atoms with Crippen molar-refractivity contribution in [2.75, 3.05) is 10.6 Å². The number of anilines is 3. The van der Waals surface area contributed by atoms with Gasteiger partial charge in [0.2, 0.25) is 5.95 Å². The van der Waals surface area contributed by atoms with E-state index in [1.807, 2.05) is 43.3 Å². The lowest BCUT2D eigenvalue weighted by Gasteiger charge is -2.14. The lowest BCUT2D eigenvalue weighted by molar-refractivity contribution is 0.841. The molecule has 1 unspecified atom stereocenters. The van der Waals surface area contributed by atoms with Gasteiger partial charge in [-0.1, -0.05) is 41.9 Å². The first-order valence-electron chi connectivity index (χ1n) is 7.66. The number of halogens is 1. The first-order chi connectivity index (χ1) is 11.6. The summed E-state index contributed by atoms with van der Waals surface area (Å²) >= 11 is 5.98. The average molecular weight is 340 g/mol. The third kappa shape index (κ3) is 4.00. The summed E-state index contributed by atoms with van der Waals surface area (Å²) in [5.74, 6) is 1.10. The molecule has 2 N–H and O–H groups in total. The molecule has 2 aromatic carbocycles. The maximum atomic E-state index is 5.98. The molecule has 0 radical (unpaired) electrons. The Balaban J connectivity index is 1.74. The summed E-state index contributed by atoms with van der Waals surface area (Å²) < 4.78 is 0. The third-order valence-electron chi connectivity index (χ3n) is 3.66. The molecule has 0 bridgehead atoms. The van der Waals surface area contributed by atoms with Crippen LogP contribution in [-0.4, -0.2) is 15.2 Å². The molecule has 0 aliphatic rings. The van der Waals surface area contributed by atoms with E-state index in [0.29, 0.717) is 16.8 Å². The molecule has 1 atom stereocenters. The van der Waals surface area contributed by atoms with Crippen molar-refractivity contribution in [1.82, 2.24) is 15.2 Å². The molecule has 5 nitrogen and oxygen atoms in total. The Morgan fingerprint density at radius 3 is 2.62 bits per heavy atom. The van der Waals surface area contributed by atoms with Crippen LogP contribution in [0.5, 0.6) is 0 Å². The standard InChI is InChI=1S/C18H18ClN5/c1-12-10-15(19)8-9-16(12)22-17-11-20-24-18(23-17)21-13(2)14-6-4-3-5-7-14/h3-11,13H,1-2H3,(H2,21,22,23,24). The number of nitrogens with zero attached hydrogens (tertiary/aromatic N) is 3. The molecule has 1 aromatic heterocycles. The van der Waals surface area contributed by atoms with Crippen LogP contribution in [0.1, 0.15) is 24.1 Å². The molecule has 24 heavy (non-hydrogen) atoms. The van der Waals surface area contributed by atoms with E-state index in [1.165, 1.54) is 0 Å². The van der Waals surface area contributed by atoms with Crippen molar-refractivity contribution in [2.45, 2.75) is 19.9 Å². The number of aromatic nitrogens is 3. The van der Waals surface area contributed by atoms with Crippen LogP contribution in [0.15, 0.2) is 54.7 Å². The molecule has 0 aliphatic carbocycles. The minimum atomic E-state index is 0.0838. The predicted molar refractivity (Wildman–Crippen MR) is 97.8 cm³/mol. The quantitative estimate of drug-likeness (QED) is 0.702. The Bertz CT molecular complexity index is 823. The van der Waals surface area contributed by atoms with Crippen LogP contribution in [-0.2, 0) is 0 Å². The number of rotatable bonds is 5. The Hall–Kier alpha value is -2.66. The number of hydrogen-bond donors (Lipinski definition) is 2. The predicted octanol–water partition coefficient (Wildman–Crippen LogP) is 4.75. The van der Waals surface area contributed by atoms with Gasteiger partial charge in [0.05, 0.1) is 12.2 Å². The van der Waals surface area contributed by atoms with Gasteiger partial charge in [0.1, 0.15) is 0 Å². The average Bonchev–Trinajstić information content (AvgIpc) is 2.58. The minimum absolute atomic E-state index is 0.0838. The van der Waals surface area contributed by atoms with Gasteiger partial charge >= 0.3 is 0 Å². The van der Waals surface area contributed by atoms with Crippen LogP contribution in [0.25, 0.3) is 0 Å². The minimum Gasteiger partial charge on any atom is -0.346 e. The van der Waals surface area contributed by atoms with Crippen molar-refractivity contribution < 1.29 is 0 Å². The second-order valence-corrected chi connectivity index (χ2v) is 5.96. The molecule has 3 aromatic rings. The van der Waals surface area contributed by atoms with Crippen LogP contribution in [0, 0.1) is 6.92 Å². The summed E-state index contributed by atoms with van der Waals surface area (Å²) in [6, 6.07) is 15.9. The van der Waals surface area contributed by atoms with Crippen LogP contribution < -0.4 is 10.6 Å². The van der Waals surface area contributed by atoms with Crippen LogP contribution in [0.2, 0.25) is 5.02 Å². The number of benzene rings is 2. The SMILES string of the molecule is Cc1cc(Cl)ccc1Nc1cnnc(NC(C)c2ccccc2)n1. The van der Waals surface area contributed by atoms with Gasteiger partial charge in [0, 0.05) is 10.7 Å². The molecular formula is C18H18ClN5. The van der Waals surface area contributed by atoms with Gasteiger partial charge in [-0.3, -0.25) is 0 Å². The zero-order chi connectivity index (χ0) is 16.9. The maximum absolute atomic E-state index is 5.98. The van der Waals surface area contributed by atoms with E-state index in [2.05, 4.69) is 44.9 Å². The lowest BCUT2D eigenvalue weighted by Crippen LogP contribution is -2.11. The third-order valence-corrected chi connectivity index (χ3v) is 3.89. The Morgan fingerprint density at radius 1 is 1.08 bits per heavy atom. The maximum Gasteiger partial charge on any atom is 0.245 e. The fourth-order valence-corrected chi connectivity index (χ4v) is 2.58. The molecule has 0 amide bonds. The van der Waals surface area contributed by atoms with Gasteiger partial charge in [0.25, 0.3) is 0 Å². The second-order valence-electron chi connectivity index (χ2n) is 5.53. The molecule has 0 saturated carbocycles. The molecule has 122 valence electrons. The highest BCUT2D eigenvalue weighted by molar-refractivity contribution is 6.30. The number of hydrogen-bond acceptors (Lipinski definition) is 5. The van der Waals surface area contributed by atoms with Crippen LogP contribution in [0.3, 0.4) is 0 Å². The molecule has 0 spiro atoms. The summed E-state index contributed by atoms with van der Waals surface area (Å²) in [5.41, 5.74) is 3.13. The van der Waals surface area contributed by atoms with Gasteiger partial charge in [-0.15, -0.1) is 5.10 Å². The molecule has 1 heterocycles. The zero-order valence-corrected chi connectivity index (χ0v) is 14.2. The molecule has 0 saturated heterocycles. The number of aryl methyl sites for hydroxylation is 1. The van der Waals surface area contributed by atoms with E-state index >= 15 is 0 Å². The van der Waals surface area contributed by atoms with Crippen molar-refractivity contribution in [1.29, 1.82) is 0 Å².